The molecule has 0 aliphatic carbocycles. The minimum absolute atomic E-state index is 0.0824. The van der Waals surface area contributed by atoms with E-state index in [2.05, 4.69) is 5.32 Å². The predicted octanol–water partition coefficient (Wildman–Crippen LogP) is 2.58. The molecule has 0 aromatic heterocycles. The summed E-state index contributed by atoms with van der Waals surface area (Å²) in [6, 6.07) is 4.60. The van der Waals surface area contributed by atoms with Gasteiger partial charge in [-0.05, 0) is 40.8 Å². The number of amides is 1. The van der Waals surface area contributed by atoms with Crippen molar-refractivity contribution in [3.63, 3.8) is 0 Å². The number of hydrogen-bond acceptors (Lipinski definition) is 2. The van der Waals surface area contributed by atoms with Crippen LogP contribution in [0.5, 0.6) is 0 Å². The van der Waals surface area contributed by atoms with Crippen LogP contribution >= 0.6 is 22.6 Å². The molecule has 0 spiro atoms. The van der Waals surface area contributed by atoms with Gasteiger partial charge < -0.3 is 10.4 Å². The van der Waals surface area contributed by atoms with Crippen molar-refractivity contribution in [1.29, 1.82) is 0 Å². The van der Waals surface area contributed by atoms with Crippen LogP contribution in [0.25, 0.3) is 0 Å². The maximum Gasteiger partial charge on any atom is 0.335 e. The van der Waals surface area contributed by atoms with Crippen molar-refractivity contribution < 1.29 is 14.7 Å². The number of carbonyl (C=O) groups excluding carboxylic acids is 1. The van der Waals surface area contributed by atoms with Crippen molar-refractivity contribution in [2.75, 3.05) is 5.32 Å². The summed E-state index contributed by atoms with van der Waals surface area (Å²) in [6.45, 7) is 3.60. The number of hydrogen-bond donors (Lipinski definition) is 2. The highest BCUT2D eigenvalue weighted by Crippen LogP contribution is 2.20. The van der Waals surface area contributed by atoms with Gasteiger partial charge in [0.05, 0.1) is 11.3 Å². The molecule has 4 nitrogen and oxygen atoms in total. The lowest BCUT2D eigenvalue weighted by Crippen LogP contribution is -2.18. The summed E-state index contributed by atoms with van der Waals surface area (Å²) < 4.78 is 0.714. The molecule has 0 fully saturated rings. The zero-order chi connectivity index (χ0) is 12.3. The smallest absolute Gasteiger partial charge is 0.335 e. The van der Waals surface area contributed by atoms with Gasteiger partial charge in [-0.1, -0.05) is 13.8 Å². The van der Waals surface area contributed by atoms with Crippen molar-refractivity contribution >= 4 is 40.2 Å². The molecule has 16 heavy (non-hydrogen) atoms. The number of anilines is 1. The van der Waals surface area contributed by atoms with E-state index in [1.165, 1.54) is 12.1 Å². The first-order valence-corrected chi connectivity index (χ1v) is 5.83. The van der Waals surface area contributed by atoms with E-state index in [9.17, 15) is 9.59 Å². The molecule has 0 heterocycles. The quantitative estimate of drug-likeness (QED) is 0.836. The fourth-order valence-electron chi connectivity index (χ4n) is 1.03. The van der Waals surface area contributed by atoms with Gasteiger partial charge >= 0.3 is 5.97 Å². The van der Waals surface area contributed by atoms with Crippen LogP contribution in [0.1, 0.15) is 24.2 Å². The molecule has 0 bridgehead atoms. The van der Waals surface area contributed by atoms with Crippen molar-refractivity contribution in [2.45, 2.75) is 13.8 Å². The molecule has 0 aliphatic rings. The van der Waals surface area contributed by atoms with Gasteiger partial charge in [-0.15, -0.1) is 0 Å². The fourth-order valence-corrected chi connectivity index (χ4v) is 1.68. The van der Waals surface area contributed by atoms with Crippen LogP contribution in [0, 0.1) is 9.49 Å². The van der Waals surface area contributed by atoms with E-state index in [0.717, 1.165) is 0 Å². The van der Waals surface area contributed by atoms with Crippen LogP contribution in [-0.4, -0.2) is 17.0 Å². The van der Waals surface area contributed by atoms with E-state index >= 15 is 0 Å². The topological polar surface area (TPSA) is 66.4 Å². The average Bonchev–Trinajstić information content (AvgIpc) is 2.20. The summed E-state index contributed by atoms with van der Waals surface area (Å²) >= 11 is 2.00. The Labute approximate surface area is 107 Å². The van der Waals surface area contributed by atoms with Crippen LogP contribution in [-0.2, 0) is 4.79 Å². The second-order valence-corrected chi connectivity index (χ2v) is 4.81. The Balaban J connectivity index is 2.91. The van der Waals surface area contributed by atoms with Crippen LogP contribution in [0.15, 0.2) is 18.2 Å². The van der Waals surface area contributed by atoms with Gasteiger partial charge in [-0.25, -0.2) is 4.79 Å². The zero-order valence-corrected chi connectivity index (χ0v) is 11.1. The Morgan fingerprint density at radius 1 is 1.38 bits per heavy atom. The zero-order valence-electron chi connectivity index (χ0n) is 8.95. The number of carboxylic acids is 1. The molecule has 86 valence electrons. The van der Waals surface area contributed by atoms with E-state index < -0.39 is 5.97 Å². The highest BCUT2D eigenvalue weighted by molar-refractivity contribution is 14.1. The van der Waals surface area contributed by atoms with Crippen LogP contribution < -0.4 is 5.32 Å². The number of rotatable bonds is 3. The van der Waals surface area contributed by atoms with Crippen LogP contribution in [0.2, 0.25) is 0 Å². The lowest BCUT2D eigenvalue weighted by molar-refractivity contribution is -0.118. The molecule has 0 atom stereocenters. The summed E-state index contributed by atoms with van der Waals surface area (Å²) in [5.74, 6) is -1.16. The van der Waals surface area contributed by atoms with Crippen LogP contribution in [0.3, 0.4) is 0 Å². The van der Waals surface area contributed by atoms with Gasteiger partial charge in [-0.3, -0.25) is 4.79 Å². The molecule has 0 unspecified atom stereocenters. The minimum atomic E-state index is -0.973. The molecule has 0 saturated heterocycles. The summed E-state index contributed by atoms with van der Waals surface area (Å²) in [4.78, 5) is 22.2. The molecule has 5 heteroatoms. The fraction of sp³-hybridized carbons (Fsp3) is 0.273. The molecule has 0 aliphatic heterocycles. The molecule has 1 aromatic rings. The number of nitrogens with one attached hydrogen (secondary N) is 1. The third kappa shape index (κ3) is 3.19. The number of halogens is 1. The summed E-state index contributed by atoms with van der Waals surface area (Å²) in [6.07, 6.45) is 0. The largest absolute Gasteiger partial charge is 0.478 e. The lowest BCUT2D eigenvalue weighted by Gasteiger charge is -2.09. The van der Waals surface area contributed by atoms with Gasteiger partial charge in [-0.2, -0.15) is 0 Å². The summed E-state index contributed by atoms with van der Waals surface area (Å²) in [5.41, 5.74) is 0.858. The maximum absolute atomic E-state index is 11.5. The predicted molar refractivity (Wildman–Crippen MR) is 69.6 cm³/mol. The summed E-state index contributed by atoms with van der Waals surface area (Å²) in [7, 11) is 0. The average molecular weight is 333 g/mol. The second kappa shape index (κ2) is 5.29. The third-order valence-corrected chi connectivity index (χ3v) is 2.89. The molecule has 2 N–H and O–H groups in total. The van der Waals surface area contributed by atoms with Crippen molar-refractivity contribution in [3.05, 3.63) is 27.3 Å². The van der Waals surface area contributed by atoms with Gasteiger partial charge in [0.25, 0.3) is 0 Å². The Kier molecular flexibility index (Phi) is 4.28. The Bertz CT molecular complexity index is 429. The highest BCUT2D eigenvalue weighted by atomic mass is 127. The molecule has 0 radical (unpaired) electrons. The van der Waals surface area contributed by atoms with Gasteiger partial charge in [0.15, 0.2) is 0 Å². The molecule has 1 amide bonds. The normalized spacial score (nSPS) is 10.2. The van der Waals surface area contributed by atoms with E-state index in [1.54, 1.807) is 19.9 Å². The van der Waals surface area contributed by atoms with Crippen molar-refractivity contribution in [1.82, 2.24) is 0 Å². The molecular weight excluding hydrogens is 321 g/mol. The number of carboxylic acid groups (broad SMARTS) is 1. The SMILES string of the molecule is CC(C)C(=O)Nc1ccc(C(=O)O)cc1I. The first kappa shape index (κ1) is 13.0. The van der Waals surface area contributed by atoms with E-state index in [-0.39, 0.29) is 17.4 Å². The maximum atomic E-state index is 11.5. The molecule has 1 rings (SSSR count). The number of benzene rings is 1. The van der Waals surface area contributed by atoms with E-state index in [0.29, 0.717) is 9.26 Å². The van der Waals surface area contributed by atoms with Crippen LogP contribution in [0.4, 0.5) is 5.69 Å². The first-order chi connectivity index (χ1) is 7.41. The van der Waals surface area contributed by atoms with E-state index in [4.69, 9.17) is 5.11 Å². The summed E-state index contributed by atoms with van der Waals surface area (Å²) in [5, 5.41) is 11.5. The highest BCUT2D eigenvalue weighted by Gasteiger charge is 2.11. The van der Waals surface area contributed by atoms with Crippen molar-refractivity contribution in [2.24, 2.45) is 5.92 Å². The Hall–Kier alpha value is -1.11. The third-order valence-electron chi connectivity index (χ3n) is 2.00. The second-order valence-electron chi connectivity index (χ2n) is 3.64. The molecule has 0 saturated carbocycles. The molecule has 1 aromatic carbocycles. The van der Waals surface area contributed by atoms with Gasteiger partial charge in [0.1, 0.15) is 0 Å². The minimum Gasteiger partial charge on any atom is -0.478 e. The standard InChI is InChI=1S/C11H12INO3/c1-6(2)10(14)13-9-4-3-7(11(15)16)5-8(9)12/h3-6H,1-2H3,(H,13,14)(H,15,16). The first-order valence-electron chi connectivity index (χ1n) is 4.75. The number of carbonyl (C=O) groups is 2. The number of aromatic carboxylic acids is 1. The monoisotopic (exact) mass is 333 g/mol. The van der Waals surface area contributed by atoms with Gasteiger partial charge in [0, 0.05) is 9.49 Å². The van der Waals surface area contributed by atoms with Gasteiger partial charge in [0.2, 0.25) is 5.91 Å². The Morgan fingerprint density at radius 2 is 2.00 bits per heavy atom. The van der Waals surface area contributed by atoms with E-state index in [1.807, 2.05) is 22.6 Å². The molecular formula is C11H12INO3. The Morgan fingerprint density at radius 3 is 2.44 bits per heavy atom. The lowest BCUT2D eigenvalue weighted by atomic mass is 10.2. The van der Waals surface area contributed by atoms with Crippen molar-refractivity contribution in [3.8, 4) is 0 Å².